The molecule has 0 heterocycles. The zero-order chi connectivity index (χ0) is 14.7. The topological polar surface area (TPSA) is 9.23 Å². The number of hydrogen-bond acceptors (Lipinski definition) is 1. The van der Waals surface area contributed by atoms with Gasteiger partial charge < -0.3 is 4.74 Å². The summed E-state index contributed by atoms with van der Waals surface area (Å²) in [5, 5.41) is 0. The molecular formula is C18H18ClFO. The zero-order valence-electron chi connectivity index (χ0n) is 11.8. The van der Waals surface area contributed by atoms with Gasteiger partial charge in [0.05, 0.1) is 12.5 Å². The number of rotatable bonds is 4. The van der Waals surface area contributed by atoms with Gasteiger partial charge in [0.1, 0.15) is 11.6 Å². The van der Waals surface area contributed by atoms with Crippen LogP contribution >= 0.6 is 11.6 Å². The molecular weight excluding hydrogens is 287 g/mol. The summed E-state index contributed by atoms with van der Waals surface area (Å²) in [6, 6.07) is 13.1. The summed E-state index contributed by atoms with van der Waals surface area (Å²) < 4.78 is 19.1. The third-order valence-corrected chi connectivity index (χ3v) is 4.39. The van der Waals surface area contributed by atoms with Gasteiger partial charge >= 0.3 is 0 Å². The second-order valence-electron chi connectivity index (χ2n) is 5.48. The Bertz CT molecular complexity index is 626. The van der Waals surface area contributed by atoms with E-state index in [1.807, 2.05) is 0 Å². The van der Waals surface area contributed by atoms with E-state index in [0.29, 0.717) is 23.8 Å². The molecule has 0 fully saturated rings. The Hall–Kier alpha value is -1.54. The lowest BCUT2D eigenvalue weighted by Gasteiger charge is -2.25. The molecule has 1 nitrogen and oxygen atoms in total. The summed E-state index contributed by atoms with van der Waals surface area (Å²) in [5.41, 5.74) is 3.52. The van der Waals surface area contributed by atoms with Crippen LogP contribution in [-0.2, 0) is 12.3 Å². The van der Waals surface area contributed by atoms with Gasteiger partial charge in [-0.2, -0.15) is 0 Å². The van der Waals surface area contributed by atoms with Crippen LogP contribution in [-0.4, -0.2) is 6.61 Å². The summed E-state index contributed by atoms with van der Waals surface area (Å²) in [6.45, 7) is 0.618. The van der Waals surface area contributed by atoms with E-state index >= 15 is 0 Å². The Morgan fingerprint density at radius 2 is 2.05 bits per heavy atom. The minimum absolute atomic E-state index is 0.258. The van der Waals surface area contributed by atoms with Crippen LogP contribution in [0.1, 0.15) is 35.4 Å². The molecule has 0 saturated heterocycles. The number of aryl methyl sites for hydroxylation is 1. The second-order valence-corrected chi connectivity index (χ2v) is 5.75. The van der Waals surface area contributed by atoms with Gasteiger partial charge in [0.2, 0.25) is 0 Å². The Balaban J connectivity index is 1.74. The van der Waals surface area contributed by atoms with E-state index in [9.17, 15) is 4.39 Å². The highest BCUT2D eigenvalue weighted by Gasteiger charge is 2.20. The SMILES string of the molecule is Fc1ccc(OCC2CCCc3ccccc32)c(CCl)c1. The number of ether oxygens (including phenoxy) is 1. The normalized spacial score (nSPS) is 17.3. The van der Waals surface area contributed by atoms with Crippen molar-refractivity contribution in [3.63, 3.8) is 0 Å². The number of benzene rings is 2. The lowest BCUT2D eigenvalue weighted by molar-refractivity contribution is 0.272. The zero-order valence-corrected chi connectivity index (χ0v) is 12.6. The quantitative estimate of drug-likeness (QED) is 0.717. The van der Waals surface area contributed by atoms with Crippen molar-refractivity contribution in [3.05, 3.63) is 65.0 Å². The van der Waals surface area contributed by atoms with Gasteiger partial charge in [0.15, 0.2) is 0 Å². The highest BCUT2D eigenvalue weighted by atomic mass is 35.5. The minimum atomic E-state index is -0.277. The van der Waals surface area contributed by atoms with Crippen LogP contribution in [0, 0.1) is 5.82 Å². The molecule has 0 saturated carbocycles. The van der Waals surface area contributed by atoms with E-state index in [1.54, 1.807) is 6.07 Å². The molecule has 0 aliphatic heterocycles. The Morgan fingerprint density at radius 1 is 1.19 bits per heavy atom. The molecule has 1 atom stereocenters. The molecule has 2 aromatic rings. The fraction of sp³-hybridized carbons (Fsp3) is 0.333. The molecule has 2 aromatic carbocycles. The fourth-order valence-corrected chi connectivity index (χ4v) is 3.22. The van der Waals surface area contributed by atoms with E-state index in [1.165, 1.54) is 29.7 Å². The van der Waals surface area contributed by atoms with E-state index < -0.39 is 0 Å². The maximum absolute atomic E-state index is 13.2. The lowest BCUT2D eigenvalue weighted by Crippen LogP contribution is -2.17. The van der Waals surface area contributed by atoms with E-state index in [4.69, 9.17) is 16.3 Å². The Kier molecular flexibility index (Phi) is 4.45. The molecule has 0 N–H and O–H groups in total. The Labute approximate surface area is 129 Å². The largest absolute Gasteiger partial charge is 0.493 e. The molecule has 1 aliphatic rings. The number of halogens is 2. The van der Waals surface area contributed by atoms with Crippen LogP contribution in [0.15, 0.2) is 42.5 Å². The average molecular weight is 305 g/mol. The molecule has 1 unspecified atom stereocenters. The van der Waals surface area contributed by atoms with E-state index in [0.717, 1.165) is 12.8 Å². The standard InChI is InChI=1S/C18H18ClFO/c19-11-15-10-16(20)8-9-18(15)21-12-14-6-3-5-13-4-1-2-7-17(13)14/h1-2,4,7-10,14H,3,5-6,11-12H2. The predicted molar refractivity (Wildman–Crippen MR) is 83.6 cm³/mol. The number of hydrogen-bond donors (Lipinski definition) is 0. The number of alkyl halides is 1. The molecule has 0 radical (unpaired) electrons. The maximum Gasteiger partial charge on any atom is 0.123 e. The average Bonchev–Trinajstić information content (AvgIpc) is 2.53. The van der Waals surface area contributed by atoms with Gasteiger partial charge in [-0.25, -0.2) is 4.39 Å². The van der Waals surface area contributed by atoms with Crippen LogP contribution in [0.2, 0.25) is 0 Å². The van der Waals surface area contributed by atoms with Crippen molar-refractivity contribution in [2.75, 3.05) is 6.61 Å². The van der Waals surface area contributed by atoms with Crippen LogP contribution in [0.3, 0.4) is 0 Å². The highest BCUT2D eigenvalue weighted by molar-refractivity contribution is 6.17. The van der Waals surface area contributed by atoms with Crippen molar-refractivity contribution in [1.29, 1.82) is 0 Å². The fourth-order valence-electron chi connectivity index (χ4n) is 3.01. The van der Waals surface area contributed by atoms with Crippen LogP contribution in [0.5, 0.6) is 5.75 Å². The second kappa shape index (κ2) is 6.48. The molecule has 0 aromatic heterocycles. The summed E-state index contributed by atoms with van der Waals surface area (Å²) in [5.74, 6) is 1.08. The Morgan fingerprint density at radius 3 is 2.90 bits per heavy atom. The van der Waals surface area contributed by atoms with Crippen molar-refractivity contribution in [3.8, 4) is 5.75 Å². The maximum atomic E-state index is 13.2. The molecule has 0 spiro atoms. The number of fused-ring (bicyclic) bond motifs is 1. The molecule has 3 heteroatoms. The first kappa shape index (κ1) is 14.4. The van der Waals surface area contributed by atoms with Gasteiger partial charge in [-0.1, -0.05) is 24.3 Å². The highest BCUT2D eigenvalue weighted by Crippen LogP contribution is 2.32. The van der Waals surface area contributed by atoms with Gasteiger partial charge in [-0.15, -0.1) is 11.6 Å². The molecule has 1 aliphatic carbocycles. The molecule has 110 valence electrons. The van der Waals surface area contributed by atoms with Gasteiger partial charge in [0, 0.05) is 11.5 Å². The van der Waals surface area contributed by atoms with Crippen LogP contribution in [0.4, 0.5) is 4.39 Å². The monoisotopic (exact) mass is 304 g/mol. The first-order valence-electron chi connectivity index (χ1n) is 7.33. The minimum Gasteiger partial charge on any atom is -0.493 e. The van der Waals surface area contributed by atoms with Crippen molar-refractivity contribution in [1.82, 2.24) is 0 Å². The van der Waals surface area contributed by atoms with Crippen molar-refractivity contribution < 1.29 is 9.13 Å². The van der Waals surface area contributed by atoms with Crippen molar-refractivity contribution in [2.24, 2.45) is 0 Å². The van der Waals surface area contributed by atoms with E-state index in [-0.39, 0.29) is 11.7 Å². The van der Waals surface area contributed by atoms with E-state index in [2.05, 4.69) is 24.3 Å². The lowest BCUT2D eigenvalue weighted by atomic mass is 9.83. The molecule has 0 bridgehead atoms. The first-order valence-corrected chi connectivity index (χ1v) is 7.86. The van der Waals surface area contributed by atoms with Gasteiger partial charge in [0.25, 0.3) is 0 Å². The van der Waals surface area contributed by atoms with Gasteiger partial charge in [-0.3, -0.25) is 0 Å². The summed E-state index contributed by atoms with van der Waals surface area (Å²) in [6.07, 6.45) is 3.47. The molecule has 3 rings (SSSR count). The first-order chi connectivity index (χ1) is 10.3. The third kappa shape index (κ3) is 3.21. The van der Waals surface area contributed by atoms with Gasteiger partial charge in [-0.05, 0) is 48.6 Å². The predicted octanol–water partition coefficient (Wildman–Crippen LogP) is 5.06. The third-order valence-electron chi connectivity index (χ3n) is 4.10. The summed E-state index contributed by atoms with van der Waals surface area (Å²) in [4.78, 5) is 0. The molecule has 0 amide bonds. The smallest absolute Gasteiger partial charge is 0.123 e. The summed E-state index contributed by atoms with van der Waals surface area (Å²) in [7, 11) is 0. The van der Waals surface area contributed by atoms with Crippen LogP contribution < -0.4 is 4.74 Å². The van der Waals surface area contributed by atoms with Crippen molar-refractivity contribution >= 4 is 11.6 Å². The molecule has 21 heavy (non-hydrogen) atoms. The summed E-state index contributed by atoms with van der Waals surface area (Å²) >= 11 is 5.86. The van der Waals surface area contributed by atoms with Crippen LogP contribution in [0.25, 0.3) is 0 Å². The van der Waals surface area contributed by atoms with Crippen molar-refractivity contribution in [2.45, 2.75) is 31.1 Å².